The Morgan fingerprint density at radius 3 is 2.87 bits per heavy atom. The first kappa shape index (κ1) is 12.3. The fourth-order valence-electron chi connectivity index (χ4n) is 1.58. The van der Waals surface area contributed by atoms with E-state index in [1.165, 1.54) is 0 Å². The monoisotopic (exact) mass is 232 g/mol. The highest BCUT2D eigenvalue weighted by molar-refractivity contribution is 6.17. The Labute approximate surface area is 95.2 Å². The van der Waals surface area contributed by atoms with Crippen molar-refractivity contribution in [3.05, 3.63) is 0 Å². The van der Waals surface area contributed by atoms with Gasteiger partial charge in [-0.2, -0.15) is 0 Å². The molecule has 1 aliphatic heterocycles. The van der Waals surface area contributed by atoms with Crippen LogP contribution in [0.3, 0.4) is 0 Å². The second-order valence-electron chi connectivity index (χ2n) is 3.78. The third kappa shape index (κ3) is 3.70. The van der Waals surface area contributed by atoms with Gasteiger partial charge in [0.05, 0.1) is 6.54 Å². The first-order valence-corrected chi connectivity index (χ1v) is 5.76. The quantitative estimate of drug-likeness (QED) is 0.672. The van der Waals surface area contributed by atoms with Crippen LogP contribution in [0.2, 0.25) is 0 Å². The van der Waals surface area contributed by atoms with E-state index < -0.39 is 0 Å². The maximum Gasteiger partial charge on any atom is 0.241 e. The van der Waals surface area contributed by atoms with Gasteiger partial charge in [-0.25, -0.2) is 0 Å². The minimum atomic E-state index is 0.0201. The molecule has 0 aromatic rings. The van der Waals surface area contributed by atoms with Gasteiger partial charge >= 0.3 is 0 Å². The van der Waals surface area contributed by atoms with Crippen LogP contribution in [-0.4, -0.2) is 54.2 Å². The molecular weight excluding hydrogens is 216 g/mol. The summed E-state index contributed by atoms with van der Waals surface area (Å²) in [6.07, 6.45) is 1.98. The van der Waals surface area contributed by atoms with Gasteiger partial charge in [-0.1, -0.05) is 0 Å². The van der Waals surface area contributed by atoms with Crippen LogP contribution in [-0.2, 0) is 9.59 Å². The van der Waals surface area contributed by atoms with Crippen molar-refractivity contribution in [1.29, 1.82) is 0 Å². The number of nitrogens with zero attached hydrogens (tertiary/aromatic N) is 2. The van der Waals surface area contributed by atoms with Gasteiger partial charge in [0.2, 0.25) is 11.8 Å². The molecule has 2 amide bonds. The summed E-state index contributed by atoms with van der Waals surface area (Å²) >= 11 is 5.52. The second kappa shape index (κ2) is 5.95. The summed E-state index contributed by atoms with van der Waals surface area (Å²) in [4.78, 5) is 26.5. The van der Waals surface area contributed by atoms with E-state index in [-0.39, 0.29) is 18.4 Å². The SMILES string of the molecule is CN1CCCN(C(=O)CCCCl)CC1=O. The molecule has 0 bridgehead atoms. The summed E-state index contributed by atoms with van der Waals surface area (Å²) in [5.74, 6) is 0.555. The predicted molar refractivity (Wildman–Crippen MR) is 58.8 cm³/mol. The molecule has 86 valence electrons. The lowest BCUT2D eigenvalue weighted by Crippen LogP contribution is -2.37. The Hall–Kier alpha value is -0.770. The standard InChI is InChI=1S/C10H17ClN2O2/c1-12-6-3-7-13(8-10(12)15)9(14)4-2-5-11/h2-8H2,1H3. The molecule has 0 radical (unpaired) electrons. The molecule has 0 atom stereocenters. The number of carbonyl (C=O) groups excluding carboxylic acids is 2. The molecule has 0 spiro atoms. The molecule has 4 nitrogen and oxygen atoms in total. The van der Waals surface area contributed by atoms with Crippen LogP contribution in [0.4, 0.5) is 0 Å². The number of hydrogen-bond donors (Lipinski definition) is 0. The smallest absolute Gasteiger partial charge is 0.241 e. The lowest BCUT2D eigenvalue weighted by molar-refractivity contribution is -0.138. The highest BCUT2D eigenvalue weighted by atomic mass is 35.5. The van der Waals surface area contributed by atoms with Crippen LogP contribution >= 0.6 is 11.6 Å². The van der Waals surface area contributed by atoms with Crippen molar-refractivity contribution in [2.45, 2.75) is 19.3 Å². The van der Waals surface area contributed by atoms with Gasteiger partial charge in [-0.3, -0.25) is 9.59 Å². The minimum absolute atomic E-state index is 0.0201. The highest BCUT2D eigenvalue weighted by Crippen LogP contribution is 2.06. The first-order chi connectivity index (χ1) is 7.15. The Morgan fingerprint density at radius 1 is 1.47 bits per heavy atom. The molecule has 1 aliphatic rings. The van der Waals surface area contributed by atoms with E-state index in [4.69, 9.17) is 11.6 Å². The molecule has 0 aromatic carbocycles. The third-order valence-corrected chi connectivity index (χ3v) is 2.82. The van der Waals surface area contributed by atoms with Crippen molar-refractivity contribution >= 4 is 23.4 Å². The number of carbonyl (C=O) groups is 2. The molecule has 15 heavy (non-hydrogen) atoms. The zero-order valence-corrected chi connectivity index (χ0v) is 9.79. The zero-order chi connectivity index (χ0) is 11.3. The van der Waals surface area contributed by atoms with E-state index >= 15 is 0 Å². The number of hydrogen-bond acceptors (Lipinski definition) is 2. The first-order valence-electron chi connectivity index (χ1n) is 5.23. The van der Waals surface area contributed by atoms with E-state index in [1.807, 2.05) is 0 Å². The van der Waals surface area contributed by atoms with Gasteiger partial charge in [0.1, 0.15) is 0 Å². The molecule has 1 saturated heterocycles. The van der Waals surface area contributed by atoms with Gasteiger partial charge < -0.3 is 9.80 Å². The Morgan fingerprint density at radius 2 is 2.20 bits per heavy atom. The molecule has 0 aromatic heterocycles. The lowest BCUT2D eigenvalue weighted by atomic mass is 10.3. The maximum atomic E-state index is 11.7. The Kier molecular flexibility index (Phi) is 4.88. The summed E-state index contributed by atoms with van der Waals surface area (Å²) in [6, 6.07) is 0. The molecule has 1 rings (SSSR count). The highest BCUT2D eigenvalue weighted by Gasteiger charge is 2.21. The summed E-state index contributed by atoms with van der Waals surface area (Å²) in [5.41, 5.74) is 0. The maximum absolute atomic E-state index is 11.7. The summed E-state index contributed by atoms with van der Waals surface area (Å²) < 4.78 is 0. The van der Waals surface area contributed by atoms with Crippen molar-refractivity contribution in [3.63, 3.8) is 0 Å². The summed E-state index contributed by atoms with van der Waals surface area (Å²) in [5, 5.41) is 0. The lowest BCUT2D eigenvalue weighted by Gasteiger charge is -2.19. The van der Waals surface area contributed by atoms with Gasteiger partial charge in [-0.05, 0) is 12.8 Å². The van der Waals surface area contributed by atoms with Crippen LogP contribution in [0.25, 0.3) is 0 Å². The van der Waals surface area contributed by atoms with Crippen molar-refractivity contribution in [3.8, 4) is 0 Å². The van der Waals surface area contributed by atoms with Crippen molar-refractivity contribution < 1.29 is 9.59 Å². The molecule has 0 aliphatic carbocycles. The van der Waals surface area contributed by atoms with E-state index in [9.17, 15) is 9.59 Å². The van der Waals surface area contributed by atoms with Gasteiger partial charge in [0, 0.05) is 32.4 Å². The average molecular weight is 233 g/mol. The van der Waals surface area contributed by atoms with Crippen LogP contribution in [0.15, 0.2) is 0 Å². The van der Waals surface area contributed by atoms with Crippen LogP contribution < -0.4 is 0 Å². The van der Waals surface area contributed by atoms with E-state index in [1.54, 1.807) is 16.8 Å². The number of likely N-dealkylation sites (N-methyl/N-ethyl adjacent to an activating group) is 1. The second-order valence-corrected chi connectivity index (χ2v) is 4.15. The number of rotatable bonds is 3. The van der Waals surface area contributed by atoms with E-state index in [2.05, 4.69) is 0 Å². The topological polar surface area (TPSA) is 40.6 Å². The Balaban J connectivity index is 2.47. The van der Waals surface area contributed by atoms with Gasteiger partial charge in [-0.15, -0.1) is 11.6 Å². The molecule has 1 fully saturated rings. The molecular formula is C10H17ClN2O2. The molecule has 0 unspecified atom stereocenters. The van der Waals surface area contributed by atoms with Crippen molar-refractivity contribution in [2.24, 2.45) is 0 Å². The van der Waals surface area contributed by atoms with Gasteiger partial charge in [0.25, 0.3) is 0 Å². The number of alkyl halides is 1. The minimum Gasteiger partial charge on any atom is -0.344 e. The summed E-state index contributed by atoms with van der Waals surface area (Å²) in [7, 11) is 1.77. The zero-order valence-electron chi connectivity index (χ0n) is 9.04. The van der Waals surface area contributed by atoms with Gasteiger partial charge in [0.15, 0.2) is 0 Å². The van der Waals surface area contributed by atoms with Crippen LogP contribution in [0.1, 0.15) is 19.3 Å². The number of halogens is 1. The fraction of sp³-hybridized carbons (Fsp3) is 0.800. The average Bonchev–Trinajstić information content (AvgIpc) is 2.38. The normalized spacial score (nSPS) is 17.9. The molecule has 0 saturated carbocycles. The van der Waals surface area contributed by atoms with E-state index in [0.29, 0.717) is 25.3 Å². The van der Waals surface area contributed by atoms with Crippen molar-refractivity contribution in [1.82, 2.24) is 9.80 Å². The van der Waals surface area contributed by atoms with E-state index in [0.717, 1.165) is 13.0 Å². The fourth-order valence-corrected chi connectivity index (χ4v) is 1.71. The third-order valence-electron chi connectivity index (χ3n) is 2.55. The molecule has 1 heterocycles. The number of amides is 2. The van der Waals surface area contributed by atoms with Crippen LogP contribution in [0, 0.1) is 0 Å². The van der Waals surface area contributed by atoms with Crippen LogP contribution in [0.5, 0.6) is 0 Å². The predicted octanol–water partition coefficient (Wildman–Crippen LogP) is 0.696. The molecule has 5 heteroatoms. The van der Waals surface area contributed by atoms with Crippen molar-refractivity contribution in [2.75, 3.05) is 32.6 Å². The Bertz CT molecular complexity index is 246. The largest absolute Gasteiger partial charge is 0.344 e. The molecule has 0 N–H and O–H groups in total. The summed E-state index contributed by atoms with van der Waals surface area (Å²) in [6.45, 7) is 1.63.